The zero-order valence-corrected chi connectivity index (χ0v) is 21.4. The van der Waals surface area contributed by atoms with E-state index in [1.807, 2.05) is 0 Å². The molecule has 3 aromatic carbocycles. The monoisotopic (exact) mass is 600 g/mol. The maximum atomic E-state index is 14.8. The predicted molar refractivity (Wildman–Crippen MR) is 133 cm³/mol. The SMILES string of the molecule is O=C(NC1(CBr)CC1)N[C@](Cc1ccccc1)(c1ccc(F)cc1)c1cc(F)cc(OC(F)(F)C(F)F)c1. The van der Waals surface area contributed by atoms with Gasteiger partial charge in [0.25, 0.3) is 0 Å². The molecule has 2 amide bonds. The molecule has 0 heterocycles. The Hall–Kier alpha value is -3.21. The van der Waals surface area contributed by atoms with Gasteiger partial charge < -0.3 is 15.4 Å². The van der Waals surface area contributed by atoms with E-state index >= 15 is 0 Å². The van der Waals surface area contributed by atoms with Crippen molar-refractivity contribution in [3.63, 3.8) is 0 Å². The molecule has 2 N–H and O–H groups in total. The van der Waals surface area contributed by atoms with Crippen molar-refractivity contribution in [3.8, 4) is 5.75 Å². The van der Waals surface area contributed by atoms with Gasteiger partial charge in [-0.2, -0.15) is 17.6 Å². The average Bonchev–Trinajstić information content (AvgIpc) is 3.63. The van der Waals surface area contributed by atoms with Crippen LogP contribution in [0, 0.1) is 11.6 Å². The van der Waals surface area contributed by atoms with E-state index in [2.05, 4.69) is 31.3 Å². The van der Waals surface area contributed by atoms with Crippen LogP contribution in [0.3, 0.4) is 0 Å². The highest BCUT2D eigenvalue weighted by atomic mass is 79.9. The van der Waals surface area contributed by atoms with Crippen LogP contribution in [0.2, 0.25) is 0 Å². The summed E-state index contributed by atoms with van der Waals surface area (Å²) in [7, 11) is 0. The van der Waals surface area contributed by atoms with Gasteiger partial charge in [-0.05, 0) is 53.8 Å². The summed E-state index contributed by atoms with van der Waals surface area (Å²) >= 11 is 3.37. The third-order valence-corrected chi connectivity index (χ3v) is 7.41. The summed E-state index contributed by atoms with van der Waals surface area (Å²) < 4.78 is 86.0. The molecule has 0 aromatic heterocycles. The Balaban J connectivity index is 1.88. The Morgan fingerprint density at radius 2 is 1.61 bits per heavy atom. The van der Waals surface area contributed by atoms with Crippen molar-refractivity contribution in [1.29, 1.82) is 0 Å². The van der Waals surface area contributed by atoms with E-state index in [-0.39, 0.29) is 12.0 Å². The number of halogens is 7. The summed E-state index contributed by atoms with van der Waals surface area (Å²) in [5.74, 6) is -2.52. The smallest absolute Gasteiger partial charge is 0.428 e. The molecule has 1 aliphatic rings. The summed E-state index contributed by atoms with van der Waals surface area (Å²) in [4.78, 5) is 13.3. The maximum absolute atomic E-state index is 14.8. The van der Waals surface area contributed by atoms with Gasteiger partial charge in [0, 0.05) is 17.8 Å². The second-order valence-electron chi connectivity index (χ2n) is 9.21. The molecule has 0 aliphatic heterocycles. The summed E-state index contributed by atoms with van der Waals surface area (Å²) in [6, 6.07) is 15.6. The number of hydrogen-bond donors (Lipinski definition) is 2. The van der Waals surface area contributed by atoms with E-state index in [4.69, 9.17) is 0 Å². The Labute approximate surface area is 223 Å². The number of carbonyl (C=O) groups excluding carboxylic acids is 1. The molecule has 0 saturated heterocycles. The van der Waals surface area contributed by atoms with Crippen LogP contribution < -0.4 is 15.4 Å². The molecule has 4 rings (SSSR count). The summed E-state index contributed by atoms with van der Waals surface area (Å²) in [6.45, 7) is 0. The summed E-state index contributed by atoms with van der Waals surface area (Å²) in [5.41, 5.74) is -1.27. The molecular weight excluding hydrogens is 578 g/mol. The topological polar surface area (TPSA) is 50.4 Å². The molecule has 4 nitrogen and oxygen atoms in total. The molecule has 38 heavy (non-hydrogen) atoms. The van der Waals surface area contributed by atoms with Crippen molar-refractivity contribution in [3.05, 3.63) is 101 Å². The minimum Gasteiger partial charge on any atom is -0.428 e. The highest BCUT2D eigenvalue weighted by Gasteiger charge is 2.46. The highest BCUT2D eigenvalue weighted by Crippen LogP contribution is 2.39. The number of carbonyl (C=O) groups is 1. The van der Waals surface area contributed by atoms with E-state index in [0.29, 0.717) is 35.4 Å². The number of urea groups is 1. The van der Waals surface area contributed by atoms with E-state index in [1.54, 1.807) is 30.3 Å². The van der Waals surface area contributed by atoms with Gasteiger partial charge in [0.1, 0.15) is 17.4 Å². The van der Waals surface area contributed by atoms with Crippen molar-refractivity contribution in [1.82, 2.24) is 10.6 Å². The Kier molecular flexibility index (Phi) is 7.96. The van der Waals surface area contributed by atoms with Crippen LogP contribution in [0.15, 0.2) is 72.8 Å². The number of benzene rings is 3. The first kappa shape index (κ1) is 27.8. The lowest BCUT2D eigenvalue weighted by Gasteiger charge is -2.37. The molecular formula is C27H23BrF6N2O2. The standard InChI is InChI=1S/C27H23BrF6N2O2/c28-16-25(10-11-25)35-24(37)36-26(15-17-4-2-1-3-5-17,18-6-8-20(29)9-7-18)19-12-21(30)14-22(13-19)38-27(33,34)23(31)32/h1-9,12-14,23H,10-11,15-16H2,(H2,35,36,37)/t26-/m1/s1. The predicted octanol–water partition coefficient (Wildman–Crippen LogP) is 6.91. The lowest BCUT2D eigenvalue weighted by molar-refractivity contribution is -0.253. The van der Waals surface area contributed by atoms with Gasteiger partial charge in [0.15, 0.2) is 0 Å². The van der Waals surface area contributed by atoms with Crippen molar-refractivity contribution in [2.24, 2.45) is 0 Å². The molecule has 0 bridgehead atoms. The molecule has 1 fully saturated rings. The minimum atomic E-state index is -4.89. The zero-order chi connectivity index (χ0) is 27.6. The van der Waals surface area contributed by atoms with Crippen LogP contribution >= 0.6 is 15.9 Å². The second kappa shape index (κ2) is 10.9. The van der Waals surface area contributed by atoms with Crippen molar-refractivity contribution in [2.75, 3.05) is 5.33 Å². The van der Waals surface area contributed by atoms with E-state index in [0.717, 1.165) is 24.3 Å². The number of ether oxygens (including phenoxy) is 1. The van der Waals surface area contributed by atoms with E-state index in [9.17, 15) is 31.1 Å². The quantitative estimate of drug-likeness (QED) is 0.196. The lowest BCUT2D eigenvalue weighted by Crippen LogP contribution is -2.55. The summed E-state index contributed by atoms with van der Waals surface area (Å²) in [5, 5.41) is 6.21. The van der Waals surface area contributed by atoms with Gasteiger partial charge in [-0.1, -0.05) is 58.4 Å². The molecule has 1 aliphatic carbocycles. The average molecular weight is 601 g/mol. The third kappa shape index (κ3) is 6.25. The largest absolute Gasteiger partial charge is 0.461 e. The Bertz CT molecular complexity index is 1270. The normalized spacial score (nSPS) is 16.0. The molecule has 0 radical (unpaired) electrons. The summed E-state index contributed by atoms with van der Waals surface area (Å²) in [6.07, 6.45) is -7.64. The molecule has 0 spiro atoms. The van der Waals surface area contributed by atoms with Gasteiger partial charge in [0.2, 0.25) is 0 Å². The van der Waals surface area contributed by atoms with Gasteiger partial charge in [-0.25, -0.2) is 13.6 Å². The van der Waals surface area contributed by atoms with Crippen LogP contribution in [0.5, 0.6) is 5.75 Å². The number of rotatable bonds is 10. The molecule has 202 valence electrons. The van der Waals surface area contributed by atoms with Gasteiger partial charge in [0.05, 0.1) is 11.1 Å². The second-order valence-corrected chi connectivity index (χ2v) is 9.77. The van der Waals surface area contributed by atoms with Crippen LogP contribution in [-0.4, -0.2) is 29.4 Å². The molecule has 1 saturated carbocycles. The van der Waals surface area contributed by atoms with Crippen molar-refractivity contribution >= 4 is 22.0 Å². The van der Waals surface area contributed by atoms with Crippen LogP contribution in [0.25, 0.3) is 0 Å². The number of alkyl halides is 5. The van der Waals surface area contributed by atoms with Gasteiger partial charge >= 0.3 is 18.6 Å². The lowest BCUT2D eigenvalue weighted by atomic mass is 9.77. The third-order valence-electron chi connectivity index (χ3n) is 6.34. The first-order chi connectivity index (χ1) is 18.0. The zero-order valence-electron chi connectivity index (χ0n) is 19.8. The fourth-order valence-corrected chi connectivity index (χ4v) is 4.88. The first-order valence-electron chi connectivity index (χ1n) is 11.6. The first-order valence-corrected chi connectivity index (χ1v) is 12.7. The van der Waals surface area contributed by atoms with Gasteiger partial charge in [-0.3, -0.25) is 0 Å². The number of hydrogen-bond acceptors (Lipinski definition) is 2. The maximum Gasteiger partial charge on any atom is 0.461 e. The van der Waals surface area contributed by atoms with Crippen molar-refractivity contribution < 1.29 is 35.9 Å². The van der Waals surface area contributed by atoms with Crippen molar-refractivity contribution in [2.45, 2.75) is 42.9 Å². The molecule has 1 atom stereocenters. The van der Waals surface area contributed by atoms with Gasteiger partial charge in [-0.15, -0.1) is 0 Å². The Morgan fingerprint density at radius 3 is 2.18 bits per heavy atom. The fraction of sp³-hybridized carbons (Fsp3) is 0.296. The molecule has 0 unspecified atom stereocenters. The van der Waals surface area contributed by atoms with E-state index in [1.165, 1.54) is 12.1 Å². The molecule has 11 heteroatoms. The minimum absolute atomic E-state index is 0.0255. The fourth-order valence-electron chi connectivity index (χ4n) is 4.17. The highest BCUT2D eigenvalue weighted by molar-refractivity contribution is 9.09. The molecule has 3 aromatic rings. The number of nitrogens with one attached hydrogen (secondary N) is 2. The van der Waals surface area contributed by atoms with Crippen LogP contribution in [0.1, 0.15) is 29.5 Å². The van der Waals surface area contributed by atoms with E-state index < -0.39 is 47.0 Å². The number of amides is 2. The van der Waals surface area contributed by atoms with Crippen LogP contribution in [-0.2, 0) is 12.0 Å². The Morgan fingerprint density at radius 1 is 0.947 bits per heavy atom. The van der Waals surface area contributed by atoms with Crippen LogP contribution in [0.4, 0.5) is 31.1 Å².